The molecule has 1 aliphatic rings. The van der Waals surface area contributed by atoms with Gasteiger partial charge in [0, 0.05) is 30.9 Å². The zero-order valence-corrected chi connectivity index (χ0v) is 17.1. The van der Waals surface area contributed by atoms with E-state index in [0.717, 1.165) is 48.6 Å². The number of nitrogens with one attached hydrogen (secondary N) is 1. The second-order valence-electron chi connectivity index (χ2n) is 7.46. The number of amides is 1. The molecule has 0 aliphatic carbocycles. The van der Waals surface area contributed by atoms with Gasteiger partial charge >= 0.3 is 0 Å². The molecule has 0 radical (unpaired) electrons. The van der Waals surface area contributed by atoms with Crippen LogP contribution in [0.2, 0.25) is 0 Å². The molecular formula is C24H26N4O2. The Morgan fingerprint density at radius 3 is 2.67 bits per heavy atom. The smallest absolute Gasteiger partial charge is 0.255 e. The van der Waals surface area contributed by atoms with Crippen molar-refractivity contribution in [1.82, 2.24) is 4.98 Å². The first-order valence-corrected chi connectivity index (χ1v) is 10.2. The molecule has 1 amide bonds. The summed E-state index contributed by atoms with van der Waals surface area (Å²) in [7, 11) is 0. The molecule has 1 fully saturated rings. The third-order valence-electron chi connectivity index (χ3n) is 5.27. The molecule has 2 heterocycles. The number of aromatic nitrogens is 1. The molecule has 2 aromatic carbocycles. The Morgan fingerprint density at radius 2 is 1.90 bits per heavy atom. The molecule has 30 heavy (non-hydrogen) atoms. The first kappa shape index (κ1) is 19.9. The first-order chi connectivity index (χ1) is 14.6. The number of benzene rings is 2. The Labute approximate surface area is 176 Å². The van der Waals surface area contributed by atoms with Gasteiger partial charge in [0.15, 0.2) is 0 Å². The lowest BCUT2D eigenvalue weighted by Crippen LogP contribution is -2.26. The fourth-order valence-electron chi connectivity index (χ4n) is 3.56. The van der Waals surface area contributed by atoms with Crippen LogP contribution < -0.4 is 16.0 Å². The van der Waals surface area contributed by atoms with Gasteiger partial charge in [-0.1, -0.05) is 18.2 Å². The lowest BCUT2D eigenvalue weighted by Gasteiger charge is -2.20. The standard InChI is InChI=1S/C24H26N4O2/c1-17-3-4-19(15-22(17)18-5-7-20(25)8-6-18)24(29)27-21-9-10-23(26-16-21)28-11-2-13-30-14-12-28/h3-10,15-16H,2,11-14,25H2,1H3,(H,27,29). The third kappa shape index (κ3) is 4.60. The van der Waals surface area contributed by atoms with Crippen LogP contribution >= 0.6 is 0 Å². The summed E-state index contributed by atoms with van der Waals surface area (Å²) in [5, 5.41) is 2.94. The lowest BCUT2D eigenvalue weighted by atomic mass is 9.97. The molecule has 6 heteroatoms. The number of anilines is 3. The van der Waals surface area contributed by atoms with Crippen LogP contribution in [-0.4, -0.2) is 37.2 Å². The molecule has 3 aromatic rings. The van der Waals surface area contributed by atoms with Crippen molar-refractivity contribution in [3.8, 4) is 11.1 Å². The van der Waals surface area contributed by atoms with Gasteiger partial charge in [-0.15, -0.1) is 0 Å². The second kappa shape index (κ2) is 8.97. The molecule has 1 saturated heterocycles. The van der Waals surface area contributed by atoms with Gasteiger partial charge in [-0.2, -0.15) is 0 Å². The van der Waals surface area contributed by atoms with Crippen molar-refractivity contribution >= 4 is 23.1 Å². The summed E-state index contributed by atoms with van der Waals surface area (Å²) in [4.78, 5) is 19.5. The number of carbonyl (C=O) groups excluding carboxylic acids is 1. The van der Waals surface area contributed by atoms with Crippen molar-refractivity contribution in [3.05, 3.63) is 71.9 Å². The van der Waals surface area contributed by atoms with E-state index in [4.69, 9.17) is 10.5 Å². The highest BCUT2D eigenvalue weighted by molar-refractivity contribution is 6.05. The first-order valence-electron chi connectivity index (χ1n) is 10.2. The molecule has 3 N–H and O–H groups in total. The van der Waals surface area contributed by atoms with Crippen molar-refractivity contribution in [2.24, 2.45) is 0 Å². The van der Waals surface area contributed by atoms with E-state index in [1.165, 1.54) is 0 Å². The van der Waals surface area contributed by atoms with E-state index in [2.05, 4.69) is 15.2 Å². The predicted molar refractivity (Wildman–Crippen MR) is 121 cm³/mol. The third-order valence-corrected chi connectivity index (χ3v) is 5.27. The van der Waals surface area contributed by atoms with Gasteiger partial charge in [-0.25, -0.2) is 4.98 Å². The molecule has 1 aliphatic heterocycles. The van der Waals surface area contributed by atoms with Gasteiger partial charge in [-0.05, 0) is 66.4 Å². The summed E-state index contributed by atoms with van der Waals surface area (Å²) >= 11 is 0. The van der Waals surface area contributed by atoms with Gasteiger partial charge in [0.1, 0.15) is 5.82 Å². The van der Waals surface area contributed by atoms with Crippen LogP contribution in [0.1, 0.15) is 22.3 Å². The van der Waals surface area contributed by atoms with E-state index in [1.807, 2.05) is 61.5 Å². The molecule has 6 nitrogen and oxygen atoms in total. The number of nitrogens with zero attached hydrogens (tertiary/aromatic N) is 2. The summed E-state index contributed by atoms with van der Waals surface area (Å²) in [5.74, 6) is 0.740. The summed E-state index contributed by atoms with van der Waals surface area (Å²) in [6, 6.07) is 17.2. The number of rotatable bonds is 4. The summed E-state index contributed by atoms with van der Waals surface area (Å²) < 4.78 is 5.49. The molecule has 0 spiro atoms. The molecule has 154 valence electrons. The van der Waals surface area contributed by atoms with E-state index in [1.54, 1.807) is 6.20 Å². The fraction of sp³-hybridized carbons (Fsp3) is 0.250. The van der Waals surface area contributed by atoms with Crippen molar-refractivity contribution in [1.29, 1.82) is 0 Å². The quantitative estimate of drug-likeness (QED) is 0.642. The Bertz CT molecular complexity index is 1010. The van der Waals surface area contributed by atoms with Crippen molar-refractivity contribution in [2.45, 2.75) is 13.3 Å². The van der Waals surface area contributed by atoms with Crippen molar-refractivity contribution in [3.63, 3.8) is 0 Å². The van der Waals surface area contributed by atoms with Crippen LogP contribution in [0.5, 0.6) is 0 Å². The minimum Gasteiger partial charge on any atom is -0.399 e. The van der Waals surface area contributed by atoms with E-state index in [9.17, 15) is 4.79 Å². The highest BCUT2D eigenvalue weighted by Gasteiger charge is 2.13. The second-order valence-corrected chi connectivity index (χ2v) is 7.46. The van der Waals surface area contributed by atoms with E-state index >= 15 is 0 Å². The van der Waals surface area contributed by atoms with Crippen molar-refractivity contribution in [2.75, 3.05) is 42.3 Å². The number of carbonyl (C=O) groups is 1. The van der Waals surface area contributed by atoms with Crippen LogP contribution in [0.15, 0.2) is 60.8 Å². The number of hydrogen-bond donors (Lipinski definition) is 2. The molecule has 0 bridgehead atoms. The van der Waals surface area contributed by atoms with E-state index in [0.29, 0.717) is 23.5 Å². The minimum absolute atomic E-state index is 0.163. The van der Waals surface area contributed by atoms with Gasteiger partial charge in [-0.3, -0.25) is 4.79 Å². The monoisotopic (exact) mass is 402 g/mol. The minimum atomic E-state index is -0.163. The maximum absolute atomic E-state index is 12.8. The molecule has 0 saturated carbocycles. The summed E-state index contributed by atoms with van der Waals surface area (Å²) in [6.45, 7) is 5.29. The van der Waals surface area contributed by atoms with Crippen LogP contribution in [0.4, 0.5) is 17.2 Å². The fourth-order valence-corrected chi connectivity index (χ4v) is 3.56. The highest BCUT2D eigenvalue weighted by Crippen LogP contribution is 2.26. The molecular weight excluding hydrogens is 376 g/mol. The molecule has 0 atom stereocenters. The topological polar surface area (TPSA) is 80.5 Å². The van der Waals surface area contributed by atoms with Gasteiger partial charge < -0.3 is 20.7 Å². The molecule has 1 aromatic heterocycles. The maximum atomic E-state index is 12.8. The lowest BCUT2D eigenvalue weighted by molar-refractivity contribution is 0.102. The largest absolute Gasteiger partial charge is 0.399 e. The Balaban J connectivity index is 1.48. The van der Waals surface area contributed by atoms with Crippen LogP contribution in [0.25, 0.3) is 11.1 Å². The number of ether oxygens (including phenoxy) is 1. The van der Waals surface area contributed by atoms with Gasteiger partial charge in [0.05, 0.1) is 18.5 Å². The zero-order valence-electron chi connectivity index (χ0n) is 17.1. The Morgan fingerprint density at radius 1 is 1.07 bits per heavy atom. The summed E-state index contributed by atoms with van der Waals surface area (Å²) in [6.07, 6.45) is 2.69. The average molecular weight is 402 g/mol. The average Bonchev–Trinajstić information content (AvgIpc) is 3.05. The number of nitrogens with two attached hydrogens (primary N) is 1. The normalized spacial score (nSPS) is 14.2. The van der Waals surface area contributed by atoms with Crippen LogP contribution in [-0.2, 0) is 4.74 Å². The zero-order chi connectivity index (χ0) is 20.9. The molecule has 0 unspecified atom stereocenters. The Kier molecular flexibility index (Phi) is 5.95. The van der Waals surface area contributed by atoms with E-state index in [-0.39, 0.29) is 5.91 Å². The Hall–Kier alpha value is -3.38. The number of pyridine rings is 1. The number of aryl methyl sites for hydroxylation is 1. The van der Waals surface area contributed by atoms with E-state index < -0.39 is 0 Å². The molecule has 4 rings (SSSR count). The van der Waals surface area contributed by atoms with Gasteiger partial charge in [0.25, 0.3) is 5.91 Å². The predicted octanol–water partition coefficient (Wildman–Crippen LogP) is 4.12. The SMILES string of the molecule is Cc1ccc(C(=O)Nc2ccc(N3CCCOCC3)nc2)cc1-c1ccc(N)cc1. The number of hydrogen-bond acceptors (Lipinski definition) is 5. The van der Waals surface area contributed by atoms with Gasteiger partial charge in [0.2, 0.25) is 0 Å². The summed E-state index contributed by atoms with van der Waals surface area (Å²) in [5.41, 5.74) is 10.9. The van der Waals surface area contributed by atoms with Crippen LogP contribution in [0.3, 0.4) is 0 Å². The number of nitrogen functional groups attached to an aromatic ring is 1. The highest BCUT2D eigenvalue weighted by atomic mass is 16.5. The van der Waals surface area contributed by atoms with Crippen molar-refractivity contribution < 1.29 is 9.53 Å². The van der Waals surface area contributed by atoms with Crippen LogP contribution in [0, 0.1) is 6.92 Å². The maximum Gasteiger partial charge on any atom is 0.255 e.